The number of nitrogens with zero attached hydrogens (tertiary/aromatic N) is 3. The molecule has 2 heterocycles. The van der Waals surface area contributed by atoms with Crippen molar-refractivity contribution < 1.29 is 9.59 Å². The Labute approximate surface area is 149 Å². The highest BCUT2D eigenvalue weighted by atomic mass is 16.2. The highest BCUT2D eigenvalue weighted by molar-refractivity contribution is 5.80. The van der Waals surface area contributed by atoms with Crippen molar-refractivity contribution in [3.63, 3.8) is 0 Å². The van der Waals surface area contributed by atoms with E-state index in [2.05, 4.69) is 6.07 Å². The van der Waals surface area contributed by atoms with Gasteiger partial charge < -0.3 is 9.80 Å². The van der Waals surface area contributed by atoms with Crippen LogP contribution in [0.3, 0.4) is 0 Å². The lowest BCUT2D eigenvalue weighted by Gasteiger charge is -2.40. The fraction of sp³-hybridized carbons (Fsp3) is 0.550. The molecule has 2 fully saturated rings. The second-order valence-electron chi connectivity index (χ2n) is 7.17. The van der Waals surface area contributed by atoms with Crippen LogP contribution in [0.2, 0.25) is 0 Å². The van der Waals surface area contributed by atoms with Gasteiger partial charge >= 0.3 is 0 Å². The minimum atomic E-state index is -0.476. The monoisotopic (exact) mass is 339 g/mol. The van der Waals surface area contributed by atoms with Gasteiger partial charge in [-0.3, -0.25) is 9.59 Å². The van der Waals surface area contributed by atoms with Crippen LogP contribution in [0.15, 0.2) is 30.3 Å². The van der Waals surface area contributed by atoms with Crippen LogP contribution in [0.25, 0.3) is 0 Å². The number of hydrogen-bond acceptors (Lipinski definition) is 3. The fourth-order valence-corrected chi connectivity index (χ4v) is 4.03. The summed E-state index contributed by atoms with van der Waals surface area (Å²) in [6.07, 6.45) is 2.87. The summed E-state index contributed by atoms with van der Waals surface area (Å²) in [4.78, 5) is 28.0. The van der Waals surface area contributed by atoms with E-state index in [-0.39, 0.29) is 17.7 Å². The van der Waals surface area contributed by atoms with Gasteiger partial charge in [0, 0.05) is 39.0 Å². The van der Waals surface area contributed by atoms with Crippen molar-refractivity contribution in [1.29, 1.82) is 5.26 Å². The van der Waals surface area contributed by atoms with E-state index in [1.807, 2.05) is 40.1 Å². The first-order valence-corrected chi connectivity index (χ1v) is 9.07. The Morgan fingerprint density at radius 2 is 1.64 bits per heavy atom. The average Bonchev–Trinajstić information content (AvgIpc) is 2.68. The smallest absolute Gasteiger partial charge is 0.225 e. The molecule has 0 spiro atoms. The molecule has 5 heteroatoms. The first-order chi connectivity index (χ1) is 12.1. The lowest BCUT2D eigenvalue weighted by molar-refractivity contribution is -0.141. The Morgan fingerprint density at radius 1 is 1.04 bits per heavy atom. The van der Waals surface area contributed by atoms with Crippen molar-refractivity contribution in [2.75, 3.05) is 26.2 Å². The van der Waals surface area contributed by atoms with Gasteiger partial charge in [-0.2, -0.15) is 5.26 Å². The Hall–Kier alpha value is -2.35. The van der Waals surface area contributed by atoms with Crippen molar-refractivity contribution in [3.8, 4) is 6.07 Å². The molecule has 132 valence electrons. The zero-order chi connectivity index (χ0) is 17.9. The molecule has 0 atom stereocenters. The van der Waals surface area contributed by atoms with Crippen LogP contribution in [0.4, 0.5) is 0 Å². The van der Waals surface area contributed by atoms with Crippen molar-refractivity contribution in [1.82, 2.24) is 9.80 Å². The third-order valence-corrected chi connectivity index (χ3v) is 5.76. The van der Waals surface area contributed by atoms with E-state index in [9.17, 15) is 14.9 Å². The fourth-order valence-electron chi connectivity index (χ4n) is 4.03. The molecule has 0 aromatic heterocycles. The molecule has 2 saturated heterocycles. The standard InChI is InChI=1S/C20H25N3O2/c1-16(24)22-11-7-17(8-12-22)19(25)23-13-9-20(15-21,10-14-23)18-5-3-2-4-6-18/h2-6,17H,7-14H2,1H3. The van der Waals surface area contributed by atoms with Crippen LogP contribution in [0.1, 0.15) is 38.2 Å². The van der Waals surface area contributed by atoms with Crippen molar-refractivity contribution in [2.45, 2.75) is 38.0 Å². The number of piperidine rings is 2. The van der Waals surface area contributed by atoms with E-state index in [0.29, 0.717) is 39.0 Å². The molecule has 25 heavy (non-hydrogen) atoms. The number of hydrogen-bond donors (Lipinski definition) is 0. The van der Waals surface area contributed by atoms with Crippen LogP contribution in [0, 0.1) is 17.2 Å². The van der Waals surface area contributed by atoms with Gasteiger partial charge in [0.15, 0.2) is 0 Å². The molecular formula is C20H25N3O2. The largest absolute Gasteiger partial charge is 0.343 e. The molecule has 3 rings (SSSR count). The van der Waals surface area contributed by atoms with Crippen molar-refractivity contribution in [2.24, 2.45) is 5.92 Å². The SMILES string of the molecule is CC(=O)N1CCC(C(=O)N2CCC(C#N)(c3ccccc3)CC2)CC1. The van der Waals surface area contributed by atoms with Gasteiger partial charge in [0.25, 0.3) is 0 Å². The maximum atomic E-state index is 12.8. The number of rotatable bonds is 2. The maximum Gasteiger partial charge on any atom is 0.225 e. The Morgan fingerprint density at radius 3 is 2.16 bits per heavy atom. The van der Waals surface area contributed by atoms with E-state index in [4.69, 9.17) is 0 Å². The number of benzene rings is 1. The molecule has 0 aliphatic carbocycles. The van der Waals surface area contributed by atoms with E-state index in [0.717, 1.165) is 18.4 Å². The molecule has 0 bridgehead atoms. The van der Waals surface area contributed by atoms with Crippen LogP contribution < -0.4 is 0 Å². The molecule has 1 aromatic rings. The van der Waals surface area contributed by atoms with Gasteiger partial charge in [-0.15, -0.1) is 0 Å². The normalized spacial score (nSPS) is 20.8. The molecule has 2 amide bonds. The molecule has 5 nitrogen and oxygen atoms in total. The maximum absolute atomic E-state index is 12.8. The molecule has 1 aromatic carbocycles. The molecule has 2 aliphatic rings. The van der Waals surface area contributed by atoms with Gasteiger partial charge in [0.2, 0.25) is 11.8 Å². The Balaban J connectivity index is 1.60. The number of likely N-dealkylation sites (tertiary alicyclic amines) is 2. The number of amides is 2. The molecule has 0 radical (unpaired) electrons. The highest BCUT2D eigenvalue weighted by Gasteiger charge is 2.39. The Bertz CT molecular complexity index is 664. The number of nitriles is 1. The van der Waals surface area contributed by atoms with Gasteiger partial charge in [-0.05, 0) is 31.2 Å². The minimum absolute atomic E-state index is 0.0157. The van der Waals surface area contributed by atoms with Crippen LogP contribution in [-0.4, -0.2) is 47.8 Å². The summed E-state index contributed by atoms with van der Waals surface area (Å²) in [7, 11) is 0. The predicted molar refractivity (Wildman–Crippen MR) is 94.5 cm³/mol. The first-order valence-electron chi connectivity index (χ1n) is 9.07. The summed E-state index contributed by atoms with van der Waals surface area (Å²) in [6.45, 7) is 4.19. The average molecular weight is 339 g/mol. The minimum Gasteiger partial charge on any atom is -0.343 e. The summed E-state index contributed by atoms with van der Waals surface area (Å²) in [5.41, 5.74) is 0.579. The summed E-state index contributed by atoms with van der Waals surface area (Å²) < 4.78 is 0. The van der Waals surface area contributed by atoms with E-state index < -0.39 is 5.41 Å². The molecular weight excluding hydrogens is 314 g/mol. The molecule has 0 unspecified atom stereocenters. The lowest BCUT2D eigenvalue weighted by Crippen LogP contribution is -2.49. The molecule has 0 saturated carbocycles. The zero-order valence-electron chi connectivity index (χ0n) is 14.8. The summed E-state index contributed by atoms with van der Waals surface area (Å²) >= 11 is 0. The molecule has 0 N–H and O–H groups in total. The summed E-state index contributed by atoms with van der Waals surface area (Å²) in [5, 5.41) is 9.76. The second kappa shape index (κ2) is 7.26. The zero-order valence-corrected chi connectivity index (χ0v) is 14.8. The van der Waals surface area contributed by atoms with Gasteiger partial charge in [-0.1, -0.05) is 30.3 Å². The van der Waals surface area contributed by atoms with Gasteiger partial charge in [0.05, 0.1) is 11.5 Å². The van der Waals surface area contributed by atoms with Gasteiger partial charge in [0.1, 0.15) is 0 Å². The highest BCUT2D eigenvalue weighted by Crippen LogP contribution is 2.35. The van der Waals surface area contributed by atoms with E-state index in [1.165, 1.54) is 0 Å². The topological polar surface area (TPSA) is 64.4 Å². The van der Waals surface area contributed by atoms with Gasteiger partial charge in [-0.25, -0.2) is 0 Å². The Kier molecular flexibility index (Phi) is 5.08. The van der Waals surface area contributed by atoms with E-state index in [1.54, 1.807) is 6.92 Å². The third kappa shape index (κ3) is 3.53. The molecule has 2 aliphatic heterocycles. The van der Waals surface area contributed by atoms with Crippen LogP contribution >= 0.6 is 0 Å². The summed E-state index contributed by atoms with van der Waals surface area (Å²) in [6, 6.07) is 12.4. The first kappa shape index (κ1) is 17.5. The van der Waals surface area contributed by atoms with Crippen LogP contribution in [0.5, 0.6) is 0 Å². The lowest BCUT2D eigenvalue weighted by atomic mass is 9.74. The second-order valence-corrected chi connectivity index (χ2v) is 7.17. The van der Waals surface area contributed by atoms with Crippen LogP contribution in [-0.2, 0) is 15.0 Å². The number of carbonyl (C=O) groups is 2. The van der Waals surface area contributed by atoms with Crippen molar-refractivity contribution in [3.05, 3.63) is 35.9 Å². The predicted octanol–water partition coefficient (Wildman–Crippen LogP) is 2.33. The van der Waals surface area contributed by atoms with Crippen molar-refractivity contribution >= 4 is 11.8 Å². The number of carbonyl (C=O) groups excluding carboxylic acids is 2. The third-order valence-electron chi connectivity index (χ3n) is 5.76. The quantitative estimate of drug-likeness (QED) is 0.831. The summed E-state index contributed by atoms with van der Waals surface area (Å²) in [5.74, 6) is 0.301. The van der Waals surface area contributed by atoms with E-state index >= 15 is 0 Å².